The van der Waals surface area contributed by atoms with Crippen LogP contribution in [0.1, 0.15) is 22.0 Å². The molecule has 0 aliphatic heterocycles. The highest BCUT2D eigenvalue weighted by Crippen LogP contribution is 2.31. The van der Waals surface area contributed by atoms with E-state index in [1.165, 1.54) is 20.3 Å². The summed E-state index contributed by atoms with van der Waals surface area (Å²) in [4.78, 5) is 7.36. The number of aryl methyl sites for hydroxylation is 1. The van der Waals surface area contributed by atoms with Gasteiger partial charge >= 0.3 is 12.4 Å². The van der Waals surface area contributed by atoms with Crippen LogP contribution in [0.3, 0.4) is 0 Å². The highest BCUT2D eigenvalue weighted by Gasteiger charge is 2.37. The molecule has 0 saturated heterocycles. The molecular formula is C14H16F6N6S. The smallest absolute Gasteiger partial charge is 0.356 e. The van der Waals surface area contributed by atoms with Gasteiger partial charge in [-0.15, -0.1) is 11.3 Å². The average Bonchev–Trinajstić information content (AvgIpc) is 3.16. The summed E-state index contributed by atoms with van der Waals surface area (Å²) in [7, 11) is 2.81. The molecule has 0 radical (unpaired) electrons. The Hall–Kier alpha value is -2.31. The SMILES string of the molecule is CN=C(NCCc1nc(C(F)(F)F)cs1)NCc1cn(C)nc1C(F)(F)F. The van der Waals surface area contributed by atoms with Crippen molar-refractivity contribution in [1.29, 1.82) is 0 Å². The van der Waals surface area contributed by atoms with Crippen LogP contribution in [0.4, 0.5) is 26.3 Å². The molecule has 0 amide bonds. The largest absolute Gasteiger partial charge is 0.435 e. The van der Waals surface area contributed by atoms with E-state index in [1.807, 2.05) is 0 Å². The minimum Gasteiger partial charge on any atom is -0.356 e. The summed E-state index contributed by atoms with van der Waals surface area (Å²) >= 11 is 0.886. The molecule has 13 heteroatoms. The Balaban J connectivity index is 1.88. The lowest BCUT2D eigenvalue weighted by Gasteiger charge is -2.12. The molecule has 2 rings (SSSR count). The molecule has 2 aromatic heterocycles. The van der Waals surface area contributed by atoms with Crippen molar-refractivity contribution in [1.82, 2.24) is 25.4 Å². The number of nitrogens with one attached hydrogen (secondary N) is 2. The third kappa shape index (κ3) is 5.84. The van der Waals surface area contributed by atoms with Gasteiger partial charge in [0.25, 0.3) is 0 Å². The van der Waals surface area contributed by atoms with E-state index in [0.29, 0.717) is 0 Å². The lowest BCUT2D eigenvalue weighted by Crippen LogP contribution is -2.38. The van der Waals surface area contributed by atoms with Gasteiger partial charge in [-0.2, -0.15) is 31.4 Å². The molecule has 0 spiro atoms. The molecular weight excluding hydrogens is 398 g/mol. The maximum absolute atomic E-state index is 12.9. The second kappa shape index (κ2) is 8.15. The molecule has 0 bridgehead atoms. The van der Waals surface area contributed by atoms with E-state index in [9.17, 15) is 26.3 Å². The number of hydrogen-bond acceptors (Lipinski definition) is 4. The molecule has 0 saturated carbocycles. The van der Waals surface area contributed by atoms with E-state index in [-0.39, 0.29) is 36.0 Å². The summed E-state index contributed by atoms with van der Waals surface area (Å²) in [5.41, 5.74) is -1.99. The number of alkyl halides is 6. The van der Waals surface area contributed by atoms with Gasteiger partial charge in [0.2, 0.25) is 0 Å². The van der Waals surface area contributed by atoms with Crippen LogP contribution < -0.4 is 10.6 Å². The van der Waals surface area contributed by atoms with Crippen molar-refractivity contribution in [3.05, 3.63) is 33.5 Å². The van der Waals surface area contributed by atoms with Gasteiger partial charge in [0, 0.05) is 50.7 Å². The first kappa shape index (κ1) is 21.0. The van der Waals surface area contributed by atoms with Crippen molar-refractivity contribution in [2.75, 3.05) is 13.6 Å². The standard InChI is InChI=1S/C14H16F6N6S/c1-21-12(22-4-3-10-24-9(7-27-10)13(15,16)17)23-5-8-6-26(2)25-11(8)14(18,19)20/h6-7H,3-5H2,1-2H3,(H2,21,22,23). The third-order valence-electron chi connectivity index (χ3n) is 3.32. The molecule has 0 unspecified atom stereocenters. The van der Waals surface area contributed by atoms with Gasteiger partial charge in [-0.3, -0.25) is 9.67 Å². The first-order chi connectivity index (χ1) is 12.5. The van der Waals surface area contributed by atoms with Gasteiger partial charge in [-0.05, 0) is 0 Å². The van der Waals surface area contributed by atoms with Crippen LogP contribution in [-0.4, -0.2) is 34.3 Å². The monoisotopic (exact) mass is 414 g/mol. The molecule has 0 aromatic carbocycles. The van der Waals surface area contributed by atoms with Crippen molar-refractivity contribution in [2.24, 2.45) is 12.0 Å². The third-order valence-corrected chi connectivity index (χ3v) is 4.23. The Morgan fingerprint density at radius 3 is 2.44 bits per heavy atom. The van der Waals surface area contributed by atoms with Crippen LogP contribution in [0, 0.1) is 0 Å². The van der Waals surface area contributed by atoms with Crippen LogP contribution in [0.25, 0.3) is 0 Å². The normalized spacial score (nSPS) is 13.1. The zero-order valence-corrected chi connectivity index (χ0v) is 15.1. The van der Waals surface area contributed by atoms with Crippen molar-refractivity contribution >= 4 is 17.3 Å². The van der Waals surface area contributed by atoms with Gasteiger partial charge in [0.15, 0.2) is 17.3 Å². The fraction of sp³-hybridized carbons (Fsp3) is 0.500. The molecule has 150 valence electrons. The predicted molar refractivity (Wildman–Crippen MR) is 87.2 cm³/mol. The van der Waals surface area contributed by atoms with Gasteiger partial charge < -0.3 is 10.6 Å². The number of thiazole rings is 1. The van der Waals surface area contributed by atoms with Crippen LogP contribution >= 0.6 is 11.3 Å². The highest BCUT2D eigenvalue weighted by molar-refractivity contribution is 7.09. The number of aromatic nitrogens is 3. The maximum atomic E-state index is 12.9. The fourth-order valence-electron chi connectivity index (χ4n) is 2.15. The van der Waals surface area contributed by atoms with E-state index in [1.54, 1.807) is 0 Å². The summed E-state index contributed by atoms with van der Waals surface area (Å²) in [6.45, 7) is 0.0431. The van der Waals surface area contributed by atoms with E-state index in [2.05, 4.69) is 25.7 Å². The second-order valence-electron chi connectivity index (χ2n) is 5.40. The minimum absolute atomic E-state index is 0.0531. The van der Waals surface area contributed by atoms with Crippen molar-refractivity contribution < 1.29 is 26.3 Å². The van der Waals surface area contributed by atoms with Crippen LogP contribution in [0.15, 0.2) is 16.6 Å². The number of aliphatic imine (C=N–C) groups is 1. The number of rotatable bonds is 5. The van der Waals surface area contributed by atoms with Gasteiger partial charge in [-0.1, -0.05) is 0 Å². The number of guanidine groups is 1. The molecule has 2 N–H and O–H groups in total. The summed E-state index contributed by atoms with van der Waals surface area (Å²) < 4.78 is 77.3. The van der Waals surface area contributed by atoms with Crippen LogP contribution in [0.5, 0.6) is 0 Å². The van der Waals surface area contributed by atoms with Crippen molar-refractivity contribution in [3.8, 4) is 0 Å². The lowest BCUT2D eigenvalue weighted by atomic mass is 10.2. The summed E-state index contributed by atoms with van der Waals surface area (Å²) in [5.74, 6) is 0.208. The van der Waals surface area contributed by atoms with Gasteiger partial charge in [-0.25, -0.2) is 4.98 Å². The Morgan fingerprint density at radius 1 is 1.19 bits per heavy atom. The Morgan fingerprint density at radius 2 is 1.89 bits per heavy atom. The van der Waals surface area contributed by atoms with E-state index < -0.39 is 23.7 Å². The molecule has 0 atom stereocenters. The molecule has 27 heavy (non-hydrogen) atoms. The molecule has 2 aromatic rings. The Bertz CT molecular complexity index is 791. The van der Waals surface area contributed by atoms with Crippen LogP contribution in [-0.2, 0) is 32.4 Å². The van der Waals surface area contributed by atoms with Crippen LogP contribution in [0.2, 0.25) is 0 Å². The molecule has 6 nitrogen and oxygen atoms in total. The fourth-order valence-corrected chi connectivity index (χ4v) is 2.95. The quantitative estimate of drug-likeness (QED) is 0.449. The van der Waals surface area contributed by atoms with E-state index in [0.717, 1.165) is 21.4 Å². The first-order valence-corrected chi connectivity index (χ1v) is 8.44. The summed E-state index contributed by atoms with van der Waals surface area (Å²) in [5, 5.41) is 10.2. The summed E-state index contributed by atoms with van der Waals surface area (Å²) in [6.07, 6.45) is -7.60. The first-order valence-electron chi connectivity index (χ1n) is 7.56. The number of hydrogen-bond donors (Lipinski definition) is 2. The molecule has 0 aliphatic carbocycles. The van der Waals surface area contributed by atoms with Crippen molar-refractivity contribution in [2.45, 2.75) is 25.3 Å². The lowest BCUT2D eigenvalue weighted by molar-refractivity contribution is -0.142. The predicted octanol–water partition coefficient (Wildman–Crippen LogP) is 2.82. The topological polar surface area (TPSA) is 67.1 Å². The summed E-state index contributed by atoms with van der Waals surface area (Å²) in [6, 6.07) is 0. The maximum Gasteiger partial charge on any atom is 0.435 e. The molecule has 0 fully saturated rings. The molecule has 0 aliphatic rings. The zero-order valence-electron chi connectivity index (χ0n) is 14.2. The molecule has 2 heterocycles. The highest BCUT2D eigenvalue weighted by atomic mass is 32.1. The van der Waals surface area contributed by atoms with E-state index in [4.69, 9.17) is 0 Å². The second-order valence-corrected chi connectivity index (χ2v) is 6.34. The van der Waals surface area contributed by atoms with E-state index >= 15 is 0 Å². The Labute approximate surface area is 154 Å². The Kier molecular flexibility index (Phi) is 6.34. The number of halogens is 6. The average molecular weight is 414 g/mol. The van der Waals surface area contributed by atoms with Crippen molar-refractivity contribution in [3.63, 3.8) is 0 Å². The minimum atomic E-state index is -4.57. The van der Waals surface area contributed by atoms with Gasteiger partial charge in [0.1, 0.15) is 0 Å². The number of nitrogens with zero attached hydrogens (tertiary/aromatic N) is 4. The van der Waals surface area contributed by atoms with Gasteiger partial charge in [0.05, 0.1) is 5.01 Å². The zero-order chi connectivity index (χ0) is 20.2.